The highest BCUT2D eigenvalue weighted by molar-refractivity contribution is 7.89. The predicted octanol–water partition coefficient (Wildman–Crippen LogP) is 3.33. The zero-order valence-electron chi connectivity index (χ0n) is 19.7. The van der Waals surface area contributed by atoms with E-state index in [9.17, 15) is 13.2 Å². The molecule has 180 valence electrons. The van der Waals surface area contributed by atoms with Gasteiger partial charge in [-0.05, 0) is 68.5 Å². The second-order valence-corrected chi connectivity index (χ2v) is 10.5. The first-order valence-corrected chi connectivity index (χ1v) is 12.8. The van der Waals surface area contributed by atoms with E-state index < -0.39 is 10.0 Å². The van der Waals surface area contributed by atoms with Crippen molar-refractivity contribution in [2.75, 3.05) is 26.7 Å². The summed E-state index contributed by atoms with van der Waals surface area (Å²) in [5.74, 6) is 0.555. The van der Waals surface area contributed by atoms with Crippen molar-refractivity contribution >= 4 is 15.9 Å². The predicted molar refractivity (Wildman–Crippen MR) is 130 cm³/mol. The van der Waals surface area contributed by atoms with Crippen LogP contribution in [0.15, 0.2) is 59.6 Å². The molecule has 2 heterocycles. The minimum absolute atomic E-state index is 0.0388. The number of hydrogen-bond acceptors (Lipinski definition) is 5. The zero-order chi connectivity index (χ0) is 24.3. The molecule has 1 amide bonds. The van der Waals surface area contributed by atoms with Crippen LogP contribution in [-0.4, -0.2) is 55.7 Å². The maximum atomic E-state index is 13.1. The molecule has 0 bridgehead atoms. The van der Waals surface area contributed by atoms with Crippen molar-refractivity contribution < 1.29 is 17.9 Å². The number of carbonyl (C=O) groups is 1. The highest BCUT2D eigenvalue weighted by Crippen LogP contribution is 2.24. The van der Waals surface area contributed by atoms with Crippen LogP contribution < -0.4 is 9.46 Å². The summed E-state index contributed by atoms with van der Waals surface area (Å²) in [7, 11) is -1.98. The number of sulfonamides is 1. The Hall–Kier alpha value is -3.17. The number of methoxy groups -OCH3 is 1. The number of hydrogen-bond donors (Lipinski definition) is 1. The van der Waals surface area contributed by atoms with Crippen LogP contribution in [-0.2, 0) is 10.0 Å². The summed E-state index contributed by atoms with van der Waals surface area (Å²) in [4.78, 5) is 15.2. The molecule has 1 aliphatic rings. The van der Waals surface area contributed by atoms with E-state index in [1.54, 1.807) is 53.2 Å². The fraction of sp³-hybridized carbons (Fsp3) is 0.360. The maximum absolute atomic E-state index is 13.1. The van der Waals surface area contributed by atoms with Gasteiger partial charge in [-0.2, -0.15) is 5.10 Å². The van der Waals surface area contributed by atoms with Crippen molar-refractivity contribution in [1.29, 1.82) is 0 Å². The normalized spacial score (nSPS) is 16.4. The number of amides is 1. The Kier molecular flexibility index (Phi) is 7.04. The van der Waals surface area contributed by atoms with E-state index in [0.29, 0.717) is 24.5 Å². The molecular formula is C25H30N4O4S. The van der Waals surface area contributed by atoms with Gasteiger partial charge in [-0.3, -0.25) is 4.79 Å². The highest BCUT2D eigenvalue weighted by atomic mass is 32.2. The largest absolute Gasteiger partial charge is 0.494 e. The first-order valence-electron chi connectivity index (χ1n) is 11.3. The van der Waals surface area contributed by atoms with Gasteiger partial charge in [0.05, 0.1) is 12.0 Å². The lowest BCUT2D eigenvalue weighted by atomic mass is 9.98. The van der Waals surface area contributed by atoms with Crippen molar-refractivity contribution in [1.82, 2.24) is 19.4 Å². The van der Waals surface area contributed by atoms with Crippen LogP contribution in [0, 0.1) is 19.8 Å². The maximum Gasteiger partial charge on any atom is 0.274 e. The van der Waals surface area contributed by atoms with Crippen LogP contribution >= 0.6 is 0 Å². The van der Waals surface area contributed by atoms with Crippen LogP contribution in [0.2, 0.25) is 0 Å². The van der Waals surface area contributed by atoms with Crippen molar-refractivity contribution in [3.8, 4) is 11.4 Å². The molecule has 1 aromatic heterocycles. The van der Waals surface area contributed by atoms with Crippen molar-refractivity contribution in [3.05, 3.63) is 71.5 Å². The number of rotatable bonds is 7. The Bertz CT molecular complexity index is 1270. The summed E-state index contributed by atoms with van der Waals surface area (Å²) >= 11 is 0. The topological polar surface area (TPSA) is 93.5 Å². The van der Waals surface area contributed by atoms with Crippen LogP contribution in [0.5, 0.6) is 5.75 Å². The van der Waals surface area contributed by atoms with Gasteiger partial charge in [0.2, 0.25) is 10.0 Å². The molecule has 34 heavy (non-hydrogen) atoms. The molecule has 1 unspecified atom stereocenters. The van der Waals surface area contributed by atoms with Gasteiger partial charge in [0.15, 0.2) is 5.69 Å². The van der Waals surface area contributed by atoms with Crippen molar-refractivity contribution in [3.63, 3.8) is 0 Å². The molecule has 0 aliphatic carbocycles. The van der Waals surface area contributed by atoms with Crippen LogP contribution in [0.3, 0.4) is 0 Å². The lowest BCUT2D eigenvalue weighted by Gasteiger charge is -2.32. The Balaban J connectivity index is 1.41. The third kappa shape index (κ3) is 5.31. The number of nitrogens with one attached hydrogen (secondary N) is 1. The first kappa shape index (κ1) is 24.0. The van der Waals surface area contributed by atoms with Gasteiger partial charge in [-0.1, -0.05) is 23.8 Å². The van der Waals surface area contributed by atoms with E-state index >= 15 is 0 Å². The van der Waals surface area contributed by atoms with Crippen LogP contribution in [0.4, 0.5) is 0 Å². The molecule has 1 saturated heterocycles. The minimum Gasteiger partial charge on any atom is -0.494 e. The number of carbonyl (C=O) groups excluding carboxylic acids is 1. The fourth-order valence-corrected chi connectivity index (χ4v) is 5.27. The molecule has 3 aromatic rings. The SMILES string of the molecule is COc1ccc(C)cc1-n1ccc(C(=O)N2CCCC(CNS(=O)(=O)c3ccc(C)cc3)C2)n1. The summed E-state index contributed by atoms with van der Waals surface area (Å²) in [5, 5.41) is 4.50. The average Bonchev–Trinajstić information content (AvgIpc) is 3.33. The van der Waals surface area contributed by atoms with E-state index in [2.05, 4.69) is 9.82 Å². The van der Waals surface area contributed by atoms with E-state index in [1.807, 2.05) is 32.0 Å². The fourth-order valence-electron chi connectivity index (χ4n) is 4.16. The van der Waals surface area contributed by atoms with E-state index in [1.165, 1.54) is 0 Å². The number of likely N-dealkylation sites (tertiary alicyclic amines) is 1. The Morgan fingerprint density at radius 1 is 1.12 bits per heavy atom. The van der Waals surface area contributed by atoms with Crippen molar-refractivity contribution in [2.24, 2.45) is 5.92 Å². The Morgan fingerprint density at radius 3 is 2.59 bits per heavy atom. The molecule has 8 nitrogen and oxygen atoms in total. The van der Waals surface area contributed by atoms with E-state index in [4.69, 9.17) is 4.74 Å². The molecule has 1 atom stereocenters. The number of ether oxygens (including phenoxy) is 1. The molecule has 0 radical (unpaired) electrons. The molecule has 0 spiro atoms. The van der Waals surface area contributed by atoms with Gasteiger partial charge >= 0.3 is 0 Å². The molecule has 1 fully saturated rings. The molecule has 9 heteroatoms. The molecule has 0 saturated carbocycles. The second-order valence-electron chi connectivity index (χ2n) is 8.75. The van der Waals surface area contributed by atoms with Gasteiger partial charge in [0, 0.05) is 25.8 Å². The van der Waals surface area contributed by atoms with E-state index in [0.717, 1.165) is 29.7 Å². The lowest BCUT2D eigenvalue weighted by molar-refractivity contribution is 0.0670. The second kappa shape index (κ2) is 9.99. The minimum atomic E-state index is -3.58. The summed E-state index contributed by atoms with van der Waals surface area (Å²) in [5.41, 5.74) is 3.18. The van der Waals surface area contributed by atoms with Crippen LogP contribution in [0.25, 0.3) is 5.69 Å². The quantitative estimate of drug-likeness (QED) is 0.558. The molecule has 1 aliphatic heterocycles. The summed E-state index contributed by atoms with van der Waals surface area (Å²) in [6, 6.07) is 14.3. The van der Waals surface area contributed by atoms with Gasteiger partial charge in [-0.15, -0.1) is 0 Å². The molecular weight excluding hydrogens is 452 g/mol. The summed E-state index contributed by atoms with van der Waals surface area (Å²) < 4.78 is 35.0. The highest BCUT2D eigenvalue weighted by Gasteiger charge is 2.27. The number of piperidine rings is 1. The number of benzene rings is 2. The lowest BCUT2D eigenvalue weighted by Crippen LogP contribution is -2.43. The third-order valence-electron chi connectivity index (χ3n) is 6.09. The average molecular weight is 483 g/mol. The van der Waals surface area contributed by atoms with E-state index in [-0.39, 0.29) is 23.3 Å². The first-order chi connectivity index (χ1) is 16.3. The van der Waals surface area contributed by atoms with Crippen LogP contribution in [0.1, 0.15) is 34.5 Å². The van der Waals surface area contributed by atoms with Crippen molar-refractivity contribution in [2.45, 2.75) is 31.6 Å². The Labute approximate surface area is 200 Å². The summed E-state index contributed by atoms with van der Waals surface area (Å²) in [6.45, 7) is 5.29. The standard InChI is InChI=1S/C25H30N4O4S/c1-18-6-9-21(10-7-18)34(31,32)26-16-20-5-4-13-28(17-20)25(30)22-12-14-29(27-22)23-15-19(2)8-11-24(23)33-3/h6-12,14-15,20,26H,4-5,13,16-17H2,1-3H3. The zero-order valence-corrected chi connectivity index (χ0v) is 20.5. The Morgan fingerprint density at radius 2 is 1.85 bits per heavy atom. The summed E-state index contributed by atoms with van der Waals surface area (Å²) in [6.07, 6.45) is 3.42. The number of aromatic nitrogens is 2. The monoisotopic (exact) mass is 482 g/mol. The molecule has 1 N–H and O–H groups in total. The van der Waals surface area contributed by atoms with Gasteiger partial charge < -0.3 is 9.64 Å². The van der Waals surface area contributed by atoms with Gasteiger partial charge in [-0.25, -0.2) is 17.8 Å². The number of aryl methyl sites for hydroxylation is 2. The number of nitrogens with zero attached hydrogens (tertiary/aromatic N) is 3. The van der Waals surface area contributed by atoms with Gasteiger partial charge in [0.1, 0.15) is 11.4 Å². The van der Waals surface area contributed by atoms with Gasteiger partial charge in [0.25, 0.3) is 5.91 Å². The smallest absolute Gasteiger partial charge is 0.274 e. The third-order valence-corrected chi connectivity index (χ3v) is 7.53. The molecule has 4 rings (SSSR count). The molecule has 2 aromatic carbocycles.